The van der Waals surface area contributed by atoms with E-state index >= 15 is 0 Å². The number of hydrogen-bond acceptors (Lipinski definition) is 1. The van der Waals surface area contributed by atoms with Crippen LogP contribution in [0.25, 0.3) is 0 Å². The van der Waals surface area contributed by atoms with Gasteiger partial charge in [0.15, 0.2) is 0 Å². The molecule has 1 radical (unpaired) electrons. The van der Waals surface area contributed by atoms with E-state index in [4.69, 9.17) is 5.73 Å². The van der Waals surface area contributed by atoms with Crippen molar-refractivity contribution in [3.63, 3.8) is 0 Å². The molecular weight excluding hydrogens is 126 g/mol. The predicted octanol–water partition coefficient (Wildman–Crippen LogP) is 0.946. The Labute approximate surface area is 60.9 Å². The van der Waals surface area contributed by atoms with Gasteiger partial charge in [-0.2, -0.15) is 0 Å². The Morgan fingerprint density at radius 1 is 1.40 bits per heavy atom. The molecule has 3 nitrogen and oxygen atoms in total. The second-order valence-electron chi connectivity index (χ2n) is 2.26. The predicted molar refractivity (Wildman–Crippen MR) is 39.4 cm³/mol. The summed E-state index contributed by atoms with van der Waals surface area (Å²) in [5.41, 5.74) is 6.91. The molecule has 3 heteroatoms. The zero-order chi connectivity index (χ0) is 7.23. The number of nitrogens with zero attached hydrogens (tertiary/aromatic N) is 2. The summed E-state index contributed by atoms with van der Waals surface area (Å²) in [6.45, 7) is 1.54. The number of unbranched alkanes of at least 4 members (excludes halogenated alkanes) is 1. The van der Waals surface area contributed by atoms with Crippen LogP contribution in [0.15, 0.2) is 18.7 Å². The molecule has 0 fully saturated rings. The highest BCUT2D eigenvalue weighted by Crippen LogP contribution is 1.92. The summed E-state index contributed by atoms with van der Waals surface area (Å²) < 4.78 is 2.04. The van der Waals surface area contributed by atoms with E-state index < -0.39 is 0 Å². The lowest BCUT2D eigenvalue weighted by atomic mass is 10.3. The van der Waals surface area contributed by atoms with E-state index in [9.17, 15) is 0 Å². The fourth-order valence-corrected chi connectivity index (χ4v) is 0.838. The van der Waals surface area contributed by atoms with Crippen LogP contribution >= 0.6 is 0 Å². The van der Waals surface area contributed by atoms with Gasteiger partial charge in [-0.05, 0) is 12.8 Å². The summed E-state index contributed by atoms with van der Waals surface area (Å²) in [6, 6.07) is 0. The van der Waals surface area contributed by atoms with Crippen molar-refractivity contribution in [1.29, 1.82) is 0 Å². The van der Waals surface area contributed by atoms with Gasteiger partial charge < -0.3 is 4.57 Å². The Morgan fingerprint density at radius 2 is 2.30 bits per heavy atom. The molecule has 0 aliphatic rings. The Morgan fingerprint density at radius 3 is 2.90 bits per heavy atom. The number of hydrogen-bond donors (Lipinski definition) is 0. The molecule has 0 aromatic carbocycles. The molecule has 1 aromatic rings. The van der Waals surface area contributed by atoms with Crippen LogP contribution in [-0.4, -0.2) is 16.1 Å². The fourth-order valence-electron chi connectivity index (χ4n) is 0.838. The topological polar surface area (TPSA) is 41.6 Å². The van der Waals surface area contributed by atoms with E-state index in [1.165, 1.54) is 0 Å². The SMILES string of the molecule is [NH]CCCCn1ccnc1. The first-order valence-electron chi connectivity index (χ1n) is 3.54. The number of nitrogens with one attached hydrogen (secondary N) is 1. The molecule has 0 saturated carbocycles. The van der Waals surface area contributed by atoms with E-state index in [0.29, 0.717) is 6.54 Å². The summed E-state index contributed by atoms with van der Waals surface area (Å²) in [4.78, 5) is 3.92. The van der Waals surface area contributed by atoms with Gasteiger partial charge in [0.1, 0.15) is 0 Å². The lowest BCUT2D eigenvalue weighted by Crippen LogP contribution is -1.95. The molecular formula is C7H12N3. The van der Waals surface area contributed by atoms with Gasteiger partial charge in [0.05, 0.1) is 6.33 Å². The van der Waals surface area contributed by atoms with E-state index in [1.54, 1.807) is 6.20 Å². The van der Waals surface area contributed by atoms with Crippen molar-refractivity contribution < 1.29 is 0 Å². The Kier molecular flexibility index (Phi) is 2.96. The van der Waals surface area contributed by atoms with Crippen LogP contribution in [0.5, 0.6) is 0 Å². The van der Waals surface area contributed by atoms with Crippen molar-refractivity contribution >= 4 is 0 Å². The average molecular weight is 138 g/mol. The molecule has 0 aliphatic heterocycles. The van der Waals surface area contributed by atoms with E-state index in [2.05, 4.69) is 4.98 Å². The smallest absolute Gasteiger partial charge is 0.0945 e. The van der Waals surface area contributed by atoms with Gasteiger partial charge in [-0.15, -0.1) is 0 Å². The third-order valence-corrected chi connectivity index (χ3v) is 1.40. The van der Waals surface area contributed by atoms with Gasteiger partial charge in [-0.25, -0.2) is 4.98 Å². The van der Waals surface area contributed by atoms with Crippen molar-refractivity contribution in [1.82, 2.24) is 15.3 Å². The standard InChI is InChI=1S/C7H12N3/c8-3-1-2-5-10-6-4-9-7-10/h4,6-8H,1-3,5H2. The minimum atomic E-state index is 0.536. The maximum atomic E-state index is 6.91. The molecule has 1 heterocycles. The molecule has 0 unspecified atom stereocenters. The van der Waals surface area contributed by atoms with Gasteiger partial charge in [0.2, 0.25) is 0 Å². The Bertz CT molecular complexity index is 157. The Balaban J connectivity index is 2.15. The largest absolute Gasteiger partial charge is 0.337 e. The minimum absolute atomic E-state index is 0.536. The number of aromatic nitrogens is 2. The monoisotopic (exact) mass is 138 g/mol. The maximum absolute atomic E-state index is 6.91. The molecule has 0 bridgehead atoms. The van der Waals surface area contributed by atoms with Crippen LogP contribution in [0.4, 0.5) is 0 Å². The lowest BCUT2D eigenvalue weighted by molar-refractivity contribution is 0.611. The number of imidazole rings is 1. The highest BCUT2D eigenvalue weighted by atomic mass is 15.0. The van der Waals surface area contributed by atoms with Crippen LogP contribution < -0.4 is 5.73 Å². The first-order chi connectivity index (χ1) is 4.93. The molecule has 0 aliphatic carbocycles. The summed E-state index contributed by atoms with van der Waals surface area (Å²) in [5, 5.41) is 0. The fraction of sp³-hybridized carbons (Fsp3) is 0.571. The highest BCUT2D eigenvalue weighted by Gasteiger charge is 1.87. The van der Waals surface area contributed by atoms with Gasteiger partial charge in [0.25, 0.3) is 0 Å². The van der Waals surface area contributed by atoms with Crippen LogP contribution in [0.3, 0.4) is 0 Å². The second-order valence-corrected chi connectivity index (χ2v) is 2.26. The van der Waals surface area contributed by atoms with E-state index in [0.717, 1.165) is 19.4 Å². The van der Waals surface area contributed by atoms with Crippen LogP contribution in [0.2, 0.25) is 0 Å². The van der Waals surface area contributed by atoms with Gasteiger partial charge in [0, 0.05) is 25.5 Å². The summed E-state index contributed by atoms with van der Waals surface area (Å²) in [5.74, 6) is 0. The van der Waals surface area contributed by atoms with Crippen molar-refractivity contribution in [3.8, 4) is 0 Å². The molecule has 0 atom stereocenters. The molecule has 0 saturated heterocycles. The molecule has 1 N–H and O–H groups in total. The first-order valence-corrected chi connectivity index (χ1v) is 3.54. The molecule has 1 rings (SSSR count). The van der Waals surface area contributed by atoms with Crippen LogP contribution in [0.1, 0.15) is 12.8 Å². The van der Waals surface area contributed by atoms with Gasteiger partial charge in [-0.1, -0.05) is 0 Å². The van der Waals surface area contributed by atoms with Gasteiger partial charge >= 0.3 is 0 Å². The zero-order valence-corrected chi connectivity index (χ0v) is 5.95. The second kappa shape index (κ2) is 4.06. The third-order valence-electron chi connectivity index (χ3n) is 1.40. The molecule has 10 heavy (non-hydrogen) atoms. The summed E-state index contributed by atoms with van der Waals surface area (Å²) in [7, 11) is 0. The zero-order valence-electron chi connectivity index (χ0n) is 5.95. The third kappa shape index (κ3) is 2.19. The van der Waals surface area contributed by atoms with Gasteiger partial charge in [-0.3, -0.25) is 5.73 Å². The average Bonchev–Trinajstić information content (AvgIpc) is 2.41. The number of rotatable bonds is 4. The molecule has 0 amide bonds. The van der Waals surface area contributed by atoms with Crippen molar-refractivity contribution in [3.05, 3.63) is 18.7 Å². The quantitative estimate of drug-likeness (QED) is 0.571. The van der Waals surface area contributed by atoms with Crippen molar-refractivity contribution in [2.45, 2.75) is 19.4 Å². The highest BCUT2D eigenvalue weighted by molar-refractivity contribution is 4.73. The number of aryl methyl sites for hydroxylation is 1. The molecule has 55 valence electrons. The first kappa shape index (κ1) is 7.28. The van der Waals surface area contributed by atoms with Crippen molar-refractivity contribution in [2.75, 3.05) is 6.54 Å². The van der Waals surface area contributed by atoms with E-state index in [-0.39, 0.29) is 0 Å². The van der Waals surface area contributed by atoms with Crippen LogP contribution in [0, 0.1) is 0 Å². The maximum Gasteiger partial charge on any atom is 0.0945 e. The summed E-state index contributed by atoms with van der Waals surface area (Å²) >= 11 is 0. The lowest BCUT2D eigenvalue weighted by Gasteiger charge is -1.98. The normalized spacial score (nSPS) is 10.1. The molecule has 1 aromatic heterocycles. The summed E-state index contributed by atoms with van der Waals surface area (Å²) in [6.07, 6.45) is 7.60. The Hall–Kier alpha value is -0.830. The van der Waals surface area contributed by atoms with E-state index in [1.807, 2.05) is 17.1 Å². The molecule has 0 spiro atoms. The van der Waals surface area contributed by atoms with Crippen LogP contribution in [-0.2, 0) is 6.54 Å². The van der Waals surface area contributed by atoms with Crippen molar-refractivity contribution in [2.24, 2.45) is 0 Å². The minimum Gasteiger partial charge on any atom is -0.337 e.